The van der Waals surface area contributed by atoms with E-state index in [2.05, 4.69) is 10.3 Å². The predicted molar refractivity (Wildman–Crippen MR) is 113 cm³/mol. The van der Waals surface area contributed by atoms with Crippen LogP contribution in [-0.2, 0) is 9.59 Å². The van der Waals surface area contributed by atoms with Crippen molar-refractivity contribution in [2.75, 3.05) is 43.8 Å². The summed E-state index contributed by atoms with van der Waals surface area (Å²) in [5.41, 5.74) is 2.05. The maximum Gasteiger partial charge on any atom is 0.257 e. The molecular weight excluding hydrogens is 407 g/mol. The molecule has 0 unspecified atom stereocenters. The summed E-state index contributed by atoms with van der Waals surface area (Å²) in [6.07, 6.45) is 0. The summed E-state index contributed by atoms with van der Waals surface area (Å²) in [7, 11) is 0. The second kappa shape index (κ2) is 9.27. The van der Waals surface area contributed by atoms with Gasteiger partial charge in [0.15, 0.2) is 5.58 Å². The molecule has 0 radical (unpaired) electrons. The van der Waals surface area contributed by atoms with Crippen LogP contribution in [-0.4, -0.2) is 65.1 Å². The summed E-state index contributed by atoms with van der Waals surface area (Å²) in [6, 6.07) is 13.2. The number of thioether (sulfide) groups is 1. The molecule has 0 atom stereocenters. The highest BCUT2D eigenvalue weighted by Crippen LogP contribution is 2.23. The van der Waals surface area contributed by atoms with Gasteiger partial charge in [-0.25, -0.2) is 9.37 Å². The van der Waals surface area contributed by atoms with E-state index >= 15 is 0 Å². The van der Waals surface area contributed by atoms with Crippen LogP contribution in [0.25, 0.3) is 11.1 Å². The first kappa shape index (κ1) is 20.4. The lowest BCUT2D eigenvalue weighted by atomic mass is 10.3. The third-order valence-corrected chi connectivity index (χ3v) is 5.63. The Morgan fingerprint density at radius 1 is 1.07 bits per heavy atom. The van der Waals surface area contributed by atoms with E-state index < -0.39 is 0 Å². The van der Waals surface area contributed by atoms with Crippen molar-refractivity contribution in [3.05, 3.63) is 54.3 Å². The van der Waals surface area contributed by atoms with E-state index in [0.29, 0.717) is 42.7 Å². The number of rotatable bonds is 6. The molecule has 0 bridgehead atoms. The maximum atomic E-state index is 12.9. The molecule has 1 N–H and O–H groups in total. The van der Waals surface area contributed by atoms with Crippen molar-refractivity contribution < 1.29 is 18.4 Å². The second-order valence-corrected chi connectivity index (χ2v) is 7.87. The van der Waals surface area contributed by atoms with Crippen LogP contribution in [0.2, 0.25) is 0 Å². The van der Waals surface area contributed by atoms with Gasteiger partial charge in [-0.3, -0.25) is 14.5 Å². The summed E-state index contributed by atoms with van der Waals surface area (Å²) >= 11 is 1.29. The molecule has 2 heterocycles. The average molecular weight is 428 g/mol. The van der Waals surface area contributed by atoms with Crippen LogP contribution >= 0.6 is 11.8 Å². The number of hydrogen-bond acceptors (Lipinski definition) is 6. The molecule has 156 valence electrons. The van der Waals surface area contributed by atoms with Crippen molar-refractivity contribution in [1.82, 2.24) is 14.8 Å². The Balaban J connectivity index is 1.20. The Morgan fingerprint density at radius 3 is 2.53 bits per heavy atom. The van der Waals surface area contributed by atoms with E-state index in [4.69, 9.17) is 4.42 Å². The van der Waals surface area contributed by atoms with Crippen LogP contribution in [0.4, 0.5) is 10.1 Å². The normalized spacial score (nSPS) is 14.8. The van der Waals surface area contributed by atoms with Gasteiger partial charge in [0.25, 0.3) is 5.22 Å². The van der Waals surface area contributed by atoms with E-state index in [1.54, 1.807) is 4.90 Å². The van der Waals surface area contributed by atoms with E-state index in [1.165, 1.54) is 36.0 Å². The lowest BCUT2D eigenvalue weighted by Gasteiger charge is -2.34. The first-order valence-electron chi connectivity index (χ1n) is 9.61. The number of aromatic nitrogens is 1. The SMILES string of the molecule is O=C(CN1CCN(C(=O)CSc2nc3ccccc3o2)CC1)Nc1ccc(F)cc1. The standard InChI is InChI=1S/C21H21FN4O3S/c22-15-5-7-16(8-6-15)23-19(27)13-25-9-11-26(12-10-25)20(28)14-30-21-24-17-3-1-2-4-18(17)29-21/h1-8H,9-14H2,(H,23,27). The van der Waals surface area contributed by atoms with Gasteiger partial charge >= 0.3 is 0 Å². The van der Waals surface area contributed by atoms with Crippen molar-refractivity contribution in [3.63, 3.8) is 0 Å². The molecule has 1 fully saturated rings. The minimum Gasteiger partial charge on any atom is -0.431 e. The van der Waals surface area contributed by atoms with E-state index in [-0.39, 0.29) is 29.9 Å². The Labute approximate surface area is 177 Å². The molecule has 0 saturated carbocycles. The molecule has 7 nitrogen and oxygen atoms in total. The number of carbonyl (C=O) groups excluding carboxylic acids is 2. The third kappa shape index (κ3) is 5.17. The average Bonchev–Trinajstić information content (AvgIpc) is 3.17. The number of halogens is 1. The van der Waals surface area contributed by atoms with Crippen molar-refractivity contribution in [3.8, 4) is 0 Å². The van der Waals surface area contributed by atoms with Crippen LogP contribution < -0.4 is 5.32 Å². The number of anilines is 1. The largest absolute Gasteiger partial charge is 0.431 e. The number of piperazine rings is 1. The minimum absolute atomic E-state index is 0.0256. The zero-order valence-corrected chi connectivity index (χ0v) is 17.0. The van der Waals surface area contributed by atoms with Crippen LogP contribution in [0, 0.1) is 5.82 Å². The van der Waals surface area contributed by atoms with Crippen LogP contribution in [0.1, 0.15) is 0 Å². The van der Waals surface area contributed by atoms with Gasteiger partial charge in [-0.2, -0.15) is 0 Å². The number of oxazole rings is 1. The Hall–Kier alpha value is -2.91. The zero-order valence-electron chi connectivity index (χ0n) is 16.2. The highest BCUT2D eigenvalue weighted by molar-refractivity contribution is 7.99. The fourth-order valence-corrected chi connectivity index (χ4v) is 3.96. The topological polar surface area (TPSA) is 78.7 Å². The van der Waals surface area contributed by atoms with E-state index in [1.807, 2.05) is 29.2 Å². The summed E-state index contributed by atoms with van der Waals surface area (Å²) < 4.78 is 18.6. The number of nitrogens with one attached hydrogen (secondary N) is 1. The second-order valence-electron chi connectivity index (χ2n) is 6.95. The number of benzene rings is 2. The maximum absolute atomic E-state index is 12.9. The molecule has 1 saturated heterocycles. The molecular formula is C21H21FN4O3S. The first-order chi connectivity index (χ1) is 14.6. The van der Waals surface area contributed by atoms with Gasteiger partial charge in [-0.05, 0) is 36.4 Å². The molecule has 2 amide bonds. The number of fused-ring (bicyclic) bond motifs is 1. The molecule has 0 aliphatic carbocycles. The lowest BCUT2D eigenvalue weighted by Crippen LogP contribution is -2.50. The molecule has 4 rings (SSSR count). The monoisotopic (exact) mass is 428 g/mol. The highest BCUT2D eigenvalue weighted by Gasteiger charge is 2.23. The molecule has 1 aliphatic heterocycles. The van der Waals surface area contributed by atoms with Crippen LogP contribution in [0.3, 0.4) is 0 Å². The highest BCUT2D eigenvalue weighted by atomic mass is 32.2. The molecule has 30 heavy (non-hydrogen) atoms. The van der Waals surface area contributed by atoms with E-state index in [9.17, 15) is 14.0 Å². The number of carbonyl (C=O) groups is 2. The fourth-order valence-electron chi connectivity index (χ4n) is 3.22. The summed E-state index contributed by atoms with van der Waals surface area (Å²) in [6.45, 7) is 2.61. The predicted octanol–water partition coefficient (Wildman–Crippen LogP) is 2.84. The van der Waals surface area contributed by atoms with Crippen molar-refractivity contribution >= 4 is 40.4 Å². The van der Waals surface area contributed by atoms with Gasteiger partial charge in [0.2, 0.25) is 11.8 Å². The Bertz CT molecular complexity index is 999. The quantitative estimate of drug-likeness (QED) is 0.609. The van der Waals surface area contributed by atoms with Crippen LogP contribution in [0.15, 0.2) is 58.2 Å². The number of para-hydroxylation sites is 2. The Morgan fingerprint density at radius 2 is 1.80 bits per heavy atom. The van der Waals surface area contributed by atoms with Crippen molar-refractivity contribution in [2.24, 2.45) is 0 Å². The number of hydrogen-bond donors (Lipinski definition) is 1. The van der Waals surface area contributed by atoms with Crippen molar-refractivity contribution in [1.29, 1.82) is 0 Å². The van der Waals surface area contributed by atoms with Crippen LogP contribution in [0.5, 0.6) is 0 Å². The fraction of sp³-hybridized carbons (Fsp3) is 0.286. The molecule has 1 aromatic heterocycles. The van der Waals surface area contributed by atoms with Gasteiger partial charge in [0.1, 0.15) is 11.3 Å². The summed E-state index contributed by atoms with van der Waals surface area (Å²) in [4.78, 5) is 32.8. The van der Waals surface area contributed by atoms with Gasteiger partial charge in [-0.1, -0.05) is 23.9 Å². The van der Waals surface area contributed by atoms with Gasteiger partial charge in [0.05, 0.1) is 12.3 Å². The Kier molecular flexibility index (Phi) is 6.29. The molecule has 9 heteroatoms. The first-order valence-corrected chi connectivity index (χ1v) is 10.6. The number of amides is 2. The van der Waals surface area contributed by atoms with Gasteiger partial charge in [-0.15, -0.1) is 0 Å². The molecule has 3 aromatic rings. The van der Waals surface area contributed by atoms with Gasteiger partial charge < -0.3 is 14.6 Å². The zero-order chi connectivity index (χ0) is 20.9. The summed E-state index contributed by atoms with van der Waals surface area (Å²) in [5, 5.41) is 3.24. The lowest BCUT2D eigenvalue weighted by molar-refractivity contribution is -0.130. The van der Waals surface area contributed by atoms with Gasteiger partial charge in [0, 0.05) is 31.9 Å². The number of nitrogens with zero attached hydrogens (tertiary/aromatic N) is 3. The van der Waals surface area contributed by atoms with E-state index in [0.717, 1.165) is 5.52 Å². The summed E-state index contributed by atoms with van der Waals surface area (Å²) in [5.74, 6) is -0.216. The molecule has 2 aromatic carbocycles. The minimum atomic E-state index is -0.344. The third-order valence-electron chi connectivity index (χ3n) is 4.81. The smallest absolute Gasteiger partial charge is 0.257 e. The molecule has 1 aliphatic rings. The molecule has 0 spiro atoms. The van der Waals surface area contributed by atoms with Crippen molar-refractivity contribution in [2.45, 2.75) is 5.22 Å².